The number of rotatable bonds is 7. The van der Waals surface area contributed by atoms with Crippen LogP contribution < -0.4 is 15.5 Å². The first-order valence-corrected chi connectivity index (χ1v) is 10.9. The van der Waals surface area contributed by atoms with Crippen LogP contribution in [0.3, 0.4) is 0 Å². The van der Waals surface area contributed by atoms with Crippen molar-refractivity contribution in [3.8, 4) is 5.75 Å². The molecule has 3 aromatic rings. The van der Waals surface area contributed by atoms with Gasteiger partial charge in [0.05, 0.1) is 10.7 Å². The normalized spacial score (nSPS) is 10.7. The molecule has 0 unspecified atom stereocenters. The van der Waals surface area contributed by atoms with Gasteiger partial charge < -0.3 is 10.1 Å². The van der Waals surface area contributed by atoms with Gasteiger partial charge in [-0.3, -0.25) is 9.59 Å². The van der Waals surface area contributed by atoms with Gasteiger partial charge in [-0.1, -0.05) is 51.8 Å². The molecule has 3 rings (SSSR count). The molecule has 0 saturated heterocycles. The minimum atomic E-state index is -0.328. The Labute approximate surface area is 197 Å². The molecule has 31 heavy (non-hydrogen) atoms. The van der Waals surface area contributed by atoms with Crippen LogP contribution in [0.4, 0.5) is 5.69 Å². The number of halogens is 2. The predicted molar refractivity (Wildman–Crippen MR) is 129 cm³/mol. The lowest BCUT2D eigenvalue weighted by Crippen LogP contribution is -2.21. The number of benzene rings is 3. The average Bonchev–Trinajstić information content (AvgIpc) is 2.75. The third-order valence-electron chi connectivity index (χ3n) is 4.13. The van der Waals surface area contributed by atoms with Crippen molar-refractivity contribution in [2.75, 3.05) is 11.9 Å². The van der Waals surface area contributed by atoms with Crippen molar-refractivity contribution in [1.29, 1.82) is 0 Å². The molecule has 0 saturated carbocycles. The highest BCUT2D eigenvalue weighted by Crippen LogP contribution is 2.32. The number of carbonyl (C=O) groups is 2. The molecule has 0 aromatic heterocycles. The van der Waals surface area contributed by atoms with E-state index in [0.29, 0.717) is 27.0 Å². The summed E-state index contributed by atoms with van der Waals surface area (Å²) in [6.45, 7) is 1.79. The molecular formula is C23H19Br2N3O3. The molecule has 0 spiro atoms. The maximum atomic E-state index is 12.3. The Balaban J connectivity index is 1.66. The van der Waals surface area contributed by atoms with E-state index in [0.717, 1.165) is 10.0 Å². The van der Waals surface area contributed by atoms with Gasteiger partial charge in [-0.05, 0) is 59.3 Å². The van der Waals surface area contributed by atoms with Crippen LogP contribution in [0.15, 0.2) is 80.8 Å². The molecule has 8 heteroatoms. The molecule has 158 valence electrons. The Bertz CT molecular complexity index is 1100. The van der Waals surface area contributed by atoms with Crippen LogP contribution in [0, 0.1) is 6.92 Å². The largest absolute Gasteiger partial charge is 0.482 e. The van der Waals surface area contributed by atoms with Gasteiger partial charge in [0.2, 0.25) is 0 Å². The summed E-state index contributed by atoms with van der Waals surface area (Å²) in [5.41, 5.74) is 5.36. The van der Waals surface area contributed by atoms with E-state index >= 15 is 0 Å². The number of nitrogens with one attached hydrogen (secondary N) is 2. The monoisotopic (exact) mass is 543 g/mol. The van der Waals surface area contributed by atoms with Gasteiger partial charge in [0.25, 0.3) is 11.8 Å². The van der Waals surface area contributed by atoms with E-state index in [1.54, 1.807) is 36.4 Å². The van der Waals surface area contributed by atoms with Crippen molar-refractivity contribution in [1.82, 2.24) is 5.43 Å². The van der Waals surface area contributed by atoms with Gasteiger partial charge in [-0.2, -0.15) is 5.10 Å². The minimum Gasteiger partial charge on any atom is -0.482 e. The third-order valence-corrected chi connectivity index (χ3v) is 5.17. The molecule has 0 radical (unpaired) electrons. The molecule has 0 bridgehead atoms. The molecule has 2 amide bonds. The first-order valence-electron chi connectivity index (χ1n) is 9.29. The van der Waals surface area contributed by atoms with Gasteiger partial charge in [-0.15, -0.1) is 0 Å². The van der Waals surface area contributed by atoms with Gasteiger partial charge in [-0.25, -0.2) is 5.43 Å². The van der Waals surface area contributed by atoms with E-state index in [1.807, 2.05) is 37.3 Å². The van der Waals surface area contributed by atoms with Crippen LogP contribution >= 0.6 is 31.9 Å². The lowest BCUT2D eigenvalue weighted by molar-refractivity contribution is -0.118. The van der Waals surface area contributed by atoms with E-state index < -0.39 is 0 Å². The standard InChI is InChI=1S/C23H19Br2N3O3/c1-15-7-9-19(10-8-15)27-21(29)14-31-22-17(11-18(24)12-20(22)25)13-26-28-23(30)16-5-3-2-4-6-16/h2-13H,14H2,1H3,(H,27,29)(H,28,30)/b26-13+. The molecule has 2 N–H and O–H groups in total. The zero-order valence-electron chi connectivity index (χ0n) is 16.6. The summed E-state index contributed by atoms with van der Waals surface area (Å²) < 4.78 is 7.16. The van der Waals surface area contributed by atoms with Crippen LogP contribution in [0.5, 0.6) is 5.75 Å². The smallest absolute Gasteiger partial charge is 0.271 e. The summed E-state index contributed by atoms with van der Waals surface area (Å²) in [5.74, 6) is -0.190. The second-order valence-electron chi connectivity index (χ2n) is 6.57. The summed E-state index contributed by atoms with van der Waals surface area (Å²) in [5, 5.41) is 6.80. The van der Waals surface area contributed by atoms with E-state index in [4.69, 9.17) is 4.74 Å². The van der Waals surface area contributed by atoms with Crippen LogP contribution in [0.2, 0.25) is 0 Å². The van der Waals surface area contributed by atoms with Gasteiger partial charge >= 0.3 is 0 Å². The molecule has 0 fully saturated rings. The van der Waals surface area contributed by atoms with Crippen LogP contribution in [0.1, 0.15) is 21.5 Å². The summed E-state index contributed by atoms with van der Waals surface area (Å²) in [6, 6.07) is 19.8. The number of hydrogen-bond acceptors (Lipinski definition) is 4. The molecule has 3 aromatic carbocycles. The zero-order valence-corrected chi connectivity index (χ0v) is 19.7. The second-order valence-corrected chi connectivity index (χ2v) is 8.34. The topological polar surface area (TPSA) is 79.8 Å². The molecule has 0 aliphatic carbocycles. The van der Waals surface area contributed by atoms with Gasteiger partial charge in [0, 0.05) is 21.3 Å². The lowest BCUT2D eigenvalue weighted by atomic mass is 10.2. The van der Waals surface area contributed by atoms with Crippen molar-refractivity contribution in [2.45, 2.75) is 6.92 Å². The van der Waals surface area contributed by atoms with Crippen LogP contribution in [-0.4, -0.2) is 24.6 Å². The molecule has 0 aliphatic heterocycles. The first-order chi connectivity index (χ1) is 14.9. The van der Waals surface area contributed by atoms with Crippen molar-refractivity contribution in [3.05, 3.63) is 92.4 Å². The Hall–Kier alpha value is -2.97. The highest BCUT2D eigenvalue weighted by molar-refractivity contribution is 9.11. The van der Waals surface area contributed by atoms with Crippen molar-refractivity contribution in [2.24, 2.45) is 5.10 Å². The fourth-order valence-electron chi connectivity index (χ4n) is 2.61. The van der Waals surface area contributed by atoms with Crippen LogP contribution in [0.25, 0.3) is 0 Å². The van der Waals surface area contributed by atoms with Crippen molar-refractivity contribution >= 4 is 55.6 Å². The summed E-state index contributed by atoms with van der Waals surface area (Å²) in [7, 11) is 0. The van der Waals surface area contributed by atoms with Gasteiger partial charge in [0.1, 0.15) is 5.75 Å². The third kappa shape index (κ3) is 6.77. The summed E-state index contributed by atoms with van der Waals surface area (Å²) in [6.07, 6.45) is 1.46. The summed E-state index contributed by atoms with van der Waals surface area (Å²) in [4.78, 5) is 24.4. The Morgan fingerprint density at radius 3 is 2.45 bits per heavy atom. The molecule has 0 heterocycles. The zero-order chi connectivity index (χ0) is 22.2. The van der Waals surface area contributed by atoms with Crippen molar-refractivity contribution < 1.29 is 14.3 Å². The fraction of sp³-hybridized carbons (Fsp3) is 0.0870. The van der Waals surface area contributed by atoms with Crippen LogP contribution in [-0.2, 0) is 4.79 Å². The highest BCUT2D eigenvalue weighted by Gasteiger charge is 2.12. The molecule has 0 aliphatic rings. The quantitative estimate of drug-likeness (QED) is 0.313. The number of amides is 2. The maximum absolute atomic E-state index is 12.3. The van der Waals surface area contributed by atoms with E-state index in [9.17, 15) is 9.59 Å². The molecular weight excluding hydrogens is 526 g/mol. The number of aryl methyl sites for hydroxylation is 1. The highest BCUT2D eigenvalue weighted by atomic mass is 79.9. The average molecular weight is 545 g/mol. The van der Waals surface area contributed by atoms with Gasteiger partial charge in [0.15, 0.2) is 6.61 Å². The van der Waals surface area contributed by atoms with Crippen molar-refractivity contribution in [3.63, 3.8) is 0 Å². The second kappa shape index (κ2) is 10.9. The van der Waals surface area contributed by atoms with E-state index in [-0.39, 0.29) is 18.4 Å². The number of anilines is 1. The maximum Gasteiger partial charge on any atom is 0.271 e. The number of hydrogen-bond donors (Lipinski definition) is 2. The molecule has 6 nitrogen and oxygen atoms in total. The first kappa shape index (κ1) is 22.7. The number of nitrogens with zero attached hydrogens (tertiary/aromatic N) is 1. The Morgan fingerprint density at radius 1 is 1.03 bits per heavy atom. The lowest BCUT2D eigenvalue weighted by Gasteiger charge is -2.12. The predicted octanol–water partition coefficient (Wildman–Crippen LogP) is 5.30. The summed E-state index contributed by atoms with van der Waals surface area (Å²) >= 11 is 6.87. The number of carbonyl (C=O) groups excluding carboxylic acids is 2. The molecule has 0 atom stereocenters. The van der Waals surface area contributed by atoms with E-state index in [2.05, 4.69) is 47.7 Å². The van der Waals surface area contributed by atoms with E-state index in [1.165, 1.54) is 6.21 Å². The fourth-order valence-corrected chi connectivity index (χ4v) is 3.99. The Kier molecular flexibility index (Phi) is 7.97. The Morgan fingerprint density at radius 2 is 1.74 bits per heavy atom. The minimum absolute atomic E-state index is 0.189. The number of hydrazone groups is 1. The SMILES string of the molecule is Cc1ccc(NC(=O)COc2c(Br)cc(Br)cc2/C=N/NC(=O)c2ccccc2)cc1. The number of ether oxygens (including phenoxy) is 1.